The van der Waals surface area contributed by atoms with E-state index in [1.165, 1.54) is 0 Å². The number of anilines is 1. The minimum atomic E-state index is -0.343. The monoisotopic (exact) mass is 267 g/mol. The van der Waals surface area contributed by atoms with Crippen molar-refractivity contribution in [2.24, 2.45) is 5.92 Å². The van der Waals surface area contributed by atoms with Crippen LogP contribution in [-0.2, 0) is 14.3 Å². The Morgan fingerprint density at radius 3 is 2.50 bits per heavy atom. The molecule has 0 bridgehead atoms. The van der Waals surface area contributed by atoms with Crippen LogP contribution in [0.15, 0.2) is 24.3 Å². The predicted molar refractivity (Wildman–Crippen MR) is 68.4 cm³/mol. The van der Waals surface area contributed by atoms with Gasteiger partial charge in [-0.15, -0.1) is 0 Å². The van der Waals surface area contributed by atoms with E-state index in [9.17, 15) is 9.59 Å². The maximum Gasteiger partial charge on any atom is 0.309 e. The van der Waals surface area contributed by atoms with Crippen molar-refractivity contribution in [2.45, 2.75) is 19.3 Å². The van der Waals surface area contributed by atoms with E-state index in [1.54, 1.807) is 24.3 Å². The Morgan fingerprint density at radius 2 is 1.94 bits per heavy atom. The molecule has 1 aromatic rings. The van der Waals surface area contributed by atoms with E-state index in [4.69, 9.17) is 16.3 Å². The van der Waals surface area contributed by atoms with Crippen molar-refractivity contribution in [1.82, 2.24) is 0 Å². The Bertz CT molecular complexity index is 440. The average molecular weight is 268 g/mol. The highest BCUT2D eigenvalue weighted by molar-refractivity contribution is 6.30. The molecule has 0 aromatic heterocycles. The van der Waals surface area contributed by atoms with Gasteiger partial charge in [0, 0.05) is 10.7 Å². The molecular weight excluding hydrogens is 254 g/mol. The van der Waals surface area contributed by atoms with E-state index in [-0.39, 0.29) is 24.4 Å². The highest BCUT2D eigenvalue weighted by Crippen LogP contribution is 2.27. The predicted octanol–water partition coefficient (Wildman–Crippen LogP) is 2.62. The fourth-order valence-corrected chi connectivity index (χ4v) is 1.75. The molecule has 1 amide bonds. The number of hydrogen-bond donors (Lipinski definition) is 1. The second kappa shape index (κ2) is 5.87. The molecule has 1 saturated carbocycles. The van der Waals surface area contributed by atoms with Crippen molar-refractivity contribution in [3.8, 4) is 0 Å². The summed E-state index contributed by atoms with van der Waals surface area (Å²) in [6, 6.07) is 6.73. The van der Waals surface area contributed by atoms with Crippen molar-refractivity contribution in [2.75, 3.05) is 11.9 Å². The Labute approximate surface area is 110 Å². The third-order valence-electron chi connectivity index (χ3n) is 2.91. The number of hydrogen-bond acceptors (Lipinski definition) is 3. The summed E-state index contributed by atoms with van der Waals surface area (Å²) in [6.45, 7) is -0.238. The van der Waals surface area contributed by atoms with Crippen LogP contribution in [0.5, 0.6) is 0 Å². The molecule has 18 heavy (non-hydrogen) atoms. The molecule has 1 fully saturated rings. The van der Waals surface area contributed by atoms with Gasteiger partial charge in [0.1, 0.15) is 0 Å². The standard InChI is InChI=1S/C13H14ClNO3/c14-10-4-6-11(7-5-10)15-12(16)8-18-13(17)9-2-1-3-9/h4-7,9H,1-3,8H2,(H,15,16). The fourth-order valence-electron chi connectivity index (χ4n) is 1.63. The zero-order valence-corrected chi connectivity index (χ0v) is 10.6. The largest absolute Gasteiger partial charge is 0.455 e. The molecule has 0 atom stereocenters. The molecule has 0 saturated heterocycles. The van der Waals surface area contributed by atoms with Gasteiger partial charge in [0.25, 0.3) is 5.91 Å². The molecule has 0 unspecified atom stereocenters. The first-order valence-corrected chi connectivity index (χ1v) is 6.25. The number of benzene rings is 1. The lowest BCUT2D eigenvalue weighted by Crippen LogP contribution is -2.28. The number of ether oxygens (including phenoxy) is 1. The van der Waals surface area contributed by atoms with Crippen LogP contribution in [0.25, 0.3) is 0 Å². The number of nitrogens with one attached hydrogen (secondary N) is 1. The lowest BCUT2D eigenvalue weighted by atomic mass is 9.86. The molecule has 1 N–H and O–H groups in total. The van der Waals surface area contributed by atoms with Gasteiger partial charge in [-0.05, 0) is 37.1 Å². The van der Waals surface area contributed by atoms with Gasteiger partial charge in [-0.2, -0.15) is 0 Å². The van der Waals surface area contributed by atoms with E-state index < -0.39 is 0 Å². The van der Waals surface area contributed by atoms with Crippen LogP contribution in [0.2, 0.25) is 5.02 Å². The van der Waals surface area contributed by atoms with Crippen LogP contribution in [0, 0.1) is 5.92 Å². The van der Waals surface area contributed by atoms with E-state index in [0.29, 0.717) is 10.7 Å². The highest BCUT2D eigenvalue weighted by Gasteiger charge is 2.26. The number of rotatable bonds is 4. The first-order valence-electron chi connectivity index (χ1n) is 5.87. The molecule has 5 heteroatoms. The maximum atomic E-state index is 11.5. The van der Waals surface area contributed by atoms with E-state index in [0.717, 1.165) is 19.3 Å². The molecule has 0 heterocycles. The van der Waals surface area contributed by atoms with Gasteiger partial charge >= 0.3 is 5.97 Å². The number of amides is 1. The summed E-state index contributed by atoms with van der Waals surface area (Å²) in [4.78, 5) is 22.9. The summed E-state index contributed by atoms with van der Waals surface area (Å²) >= 11 is 5.73. The van der Waals surface area contributed by atoms with Crippen LogP contribution >= 0.6 is 11.6 Å². The molecule has 1 aliphatic rings. The van der Waals surface area contributed by atoms with Gasteiger partial charge in [-0.3, -0.25) is 9.59 Å². The van der Waals surface area contributed by atoms with Crippen molar-refractivity contribution >= 4 is 29.2 Å². The summed E-state index contributed by atoms with van der Waals surface area (Å²) in [7, 11) is 0. The van der Waals surface area contributed by atoms with Gasteiger partial charge in [0.15, 0.2) is 6.61 Å². The second-order valence-corrected chi connectivity index (χ2v) is 4.73. The smallest absolute Gasteiger partial charge is 0.309 e. The lowest BCUT2D eigenvalue weighted by molar-refractivity contribution is -0.154. The molecule has 2 rings (SSSR count). The van der Waals surface area contributed by atoms with Crippen molar-refractivity contribution in [3.05, 3.63) is 29.3 Å². The van der Waals surface area contributed by atoms with E-state index in [1.807, 2.05) is 0 Å². The molecule has 1 aliphatic carbocycles. The van der Waals surface area contributed by atoms with Gasteiger partial charge in [0.2, 0.25) is 0 Å². The van der Waals surface area contributed by atoms with Crippen molar-refractivity contribution in [1.29, 1.82) is 0 Å². The molecule has 0 aliphatic heterocycles. The Hall–Kier alpha value is -1.55. The van der Waals surface area contributed by atoms with Gasteiger partial charge in [-0.1, -0.05) is 18.0 Å². The molecule has 4 nitrogen and oxygen atoms in total. The van der Waals surface area contributed by atoms with Crippen LogP contribution in [0.4, 0.5) is 5.69 Å². The first kappa shape index (κ1) is 12.9. The third-order valence-corrected chi connectivity index (χ3v) is 3.16. The number of esters is 1. The second-order valence-electron chi connectivity index (χ2n) is 4.29. The van der Waals surface area contributed by atoms with Crippen LogP contribution in [0.3, 0.4) is 0 Å². The number of carbonyl (C=O) groups excluding carboxylic acids is 2. The van der Waals surface area contributed by atoms with Crippen LogP contribution in [0.1, 0.15) is 19.3 Å². The van der Waals surface area contributed by atoms with Gasteiger partial charge in [-0.25, -0.2) is 0 Å². The molecule has 96 valence electrons. The Balaban J connectivity index is 1.74. The Kier molecular flexibility index (Phi) is 4.20. The van der Waals surface area contributed by atoms with Crippen LogP contribution < -0.4 is 5.32 Å². The zero-order chi connectivity index (χ0) is 13.0. The summed E-state index contributed by atoms with van der Waals surface area (Å²) in [6.07, 6.45) is 2.81. The fraction of sp³-hybridized carbons (Fsp3) is 0.385. The molecular formula is C13H14ClNO3. The molecule has 0 radical (unpaired) electrons. The van der Waals surface area contributed by atoms with Crippen molar-refractivity contribution in [3.63, 3.8) is 0 Å². The topological polar surface area (TPSA) is 55.4 Å². The number of halogens is 1. The third kappa shape index (κ3) is 3.47. The summed E-state index contributed by atoms with van der Waals surface area (Å²) in [5.41, 5.74) is 0.629. The minimum Gasteiger partial charge on any atom is -0.455 e. The molecule has 1 aromatic carbocycles. The molecule has 0 spiro atoms. The van der Waals surface area contributed by atoms with Crippen molar-refractivity contribution < 1.29 is 14.3 Å². The summed E-state index contributed by atoms with van der Waals surface area (Å²) in [5, 5.41) is 3.23. The zero-order valence-electron chi connectivity index (χ0n) is 9.82. The van der Waals surface area contributed by atoms with Crippen LogP contribution in [-0.4, -0.2) is 18.5 Å². The summed E-state index contributed by atoms with van der Waals surface area (Å²) < 4.78 is 4.93. The van der Waals surface area contributed by atoms with Gasteiger partial charge < -0.3 is 10.1 Å². The minimum absolute atomic E-state index is 0.00617. The highest BCUT2D eigenvalue weighted by atomic mass is 35.5. The quantitative estimate of drug-likeness (QED) is 0.853. The maximum absolute atomic E-state index is 11.5. The first-order chi connectivity index (χ1) is 8.65. The number of carbonyl (C=O) groups is 2. The lowest BCUT2D eigenvalue weighted by Gasteiger charge is -2.22. The SMILES string of the molecule is O=C(COC(=O)C1CCC1)Nc1ccc(Cl)cc1. The van der Waals surface area contributed by atoms with E-state index in [2.05, 4.69) is 5.32 Å². The Morgan fingerprint density at radius 1 is 1.28 bits per heavy atom. The average Bonchev–Trinajstić information content (AvgIpc) is 2.27. The van der Waals surface area contributed by atoms with Gasteiger partial charge in [0.05, 0.1) is 5.92 Å². The summed E-state index contributed by atoms with van der Waals surface area (Å²) in [5.74, 6) is -0.620. The van der Waals surface area contributed by atoms with E-state index >= 15 is 0 Å². The normalized spacial score (nSPS) is 14.7.